The number of unbranched alkanes of at least 4 members (excludes halogenated alkanes) is 3. The lowest BCUT2D eigenvalue weighted by Crippen LogP contribution is -2.13. The number of pyridine rings is 1. The molecule has 0 N–H and O–H groups in total. The van der Waals surface area contributed by atoms with Gasteiger partial charge in [0.15, 0.2) is 11.6 Å². The van der Waals surface area contributed by atoms with Crippen LogP contribution in [0.3, 0.4) is 0 Å². The molecular formula is C33H47FN4O6. The first-order valence-corrected chi connectivity index (χ1v) is 15.8. The van der Waals surface area contributed by atoms with Crippen LogP contribution in [-0.2, 0) is 43.0 Å². The van der Waals surface area contributed by atoms with Crippen LogP contribution < -0.4 is 4.74 Å². The van der Waals surface area contributed by atoms with Crippen molar-refractivity contribution in [3.05, 3.63) is 69.1 Å². The molecule has 0 bridgehead atoms. The highest BCUT2D eigenvalue weighted by Gasteiger charge is 2.18. The number of nitrogens with zero attached hydrogens (tertiary/aromatic N) is 4. The van der Waals surface area contributed by atoms with Crippen molar-refractivity contribution in [2.45, 2.75) is 76.5 Å². The van der Waals surface area contributed by atoms with Crippen molar-refractivity contribution in [1.82, 2.24) is 4.98 Å². The Hall–Kier alpha value is -3.24. The Labute approximate surface area is 260 Å². The number of carbonyl (C=O) groups is 1. The van der Waals surface area contributed by atoms with Crippen LogP contribution >= 0.6 is 0 Å². The summed E-state index contributed by atoms with van der Waals surface area (Å²) in [7, 11) is 1.38. The van der Waals surface area contributed by atoms with Crippen LogP contribution in [0.4, 0.5) is 4.39 Å². The van der Waals surface area contributed by atoms with Gasteiger partial charge in [-0.2, -0.15) is 0 Å². The third-order valence-corrected chi connectivity index (χ3v) is 7.67. The molecule has 1 aliphatic rings. The Morgan fingerprint density at radius 1 is 0.955 bits per heavy atom. The molecule has 0 amide bonds. The molecule has 0 radical (unpaired) electrons. The average molecular weight is 615 g/mol. The van der Waals surface area contributed by atoms with Crippen molar-refractivity contribution in [1.29, 1.82) is 0 Å². The number of halogens is 1. The van der Waals surface area contributed by atoms with E-state index in [-0.39, 0.29) is 30.7 Å². The van der Waals surface area contributed by atoms with Gasteiger partial charge in [0.1, 0.15) is 6.61 Å². The summed E-state index contributed by atoms with van der Waals surface area (Å²) in [6, 6.07) is 9.35. The summed E-state index contributed by atoms with van der Waals surface area (Å²) in [4.78, 5) is 19.6. The van der Waals surface area contributed by atoms with Crippen molar-refractivity contribution in [2.75, 3.05) is 59.9 Å². The van der Waals surface area contributed by atoms with Crippen LogP contribution in [0.25, 0.3) is 10.4 Å². The van der Waals surface area contributed by atoms with E-state index >= 15 is 0 Å². The molecule has 11 heteroatoms. The summed E-state index contributed by atoms with van der Waals surface area (Å²) in [6.07, 6.45) is 10.9. The molecule has 0 fully saturated rings. The maximum Gasteiger partial charge on any atom is 0.306 e. The number of fused-ring (bicyclic) bond motifs is 1. The molecule has 2 aromatic rings. The number of rotatable bonds is 23. The number of benzene rings is 1. The fraction of sp³-hybridized carbons (Fsp3) is 0.636. The molecule has 1 aliphatic carbocycles. The number of hydrogen-bond donors (Lipinski definition) is 0. The predicted octanol–water partition coefficient (Wildman–Crippen LogP) is 6.68. The van der Waals surface area contributed by atoms with Gasteiger partial charge in [-0.15, -0.1) is 0 Å². The number of aryl methyl sites for hydroxylation is 3. The highest BCUT2D eigenvalue weighted by molar-refractivity contribution is 5.70. The highest BCUT2D eigenvalue weighted by Crippen LogP contribution is 2.30. The smallest absolute Gasteiger partial charge is 0.306 e. The van der Waals surface area contributed by atoms with Gasteiger partial charge in [0.05, 0.1) is 53.2 Å². The van der Waals surface area contributed by atoms with Crippen LogP contribution in [0.2, 0.25) is 0 Å². The number of methoxy groups -OCH3 is 1. The standard InChI is InChI=1S/C33H47FN4O6/c1-40-33(39)25-27(9-4-2-3-5-10-29-14-12-26-8-6-7-11-31(26)37-29)28-13-15-32(30(34)24-28)44-23-22-43-21-20-42-19-18-41-17-16-36-38-35/h12-15,24,27H,2-11,16-23,25H2,1H3/t27-/m0/s1. The lowest BCUT2D eigenvalue weighted by Gasteiger charge is -2.18. The lowest BCUT2D eigenvalue weighted by atomic mass is 9.90. The minimum Gasteiger partial charge on any atom is -0.488 e. The second kappa shape index (κ2) is 21.5. The number of hydrogen-bond acceptors (Lipinski definition) is 8. The first-order valence-electron chi connectivity index (χ1n) is 15.8. The molecule has 0 saturated carbocycles. The molecule has 0 saturated heterocycles. The highest BCUT2D eigenvalue weighted by atomic mass is 19.1. The zero-order chi connectivity index (χ0) is 31.2. The summed E-state index contributed by atoms with van der Waals surface area (Å²) < 4.78 is 41.5. The van der Waals surface area contributed by atoms with Gasteiger partial charge in [-0.25, -0.2) is 4.39 Å². The van der Waals surface area contributed by atoms with E-state index < -0.39 is 5.82 Å². The molecule has 3 rings (SSSR count). The van der Waals surface area contributed by atoms with Crippen LogP contribution in [0.5, 0.6) is 5.75 Å². The van der Waals surface area contributed by atoms with Crippen molar-refractivity contribution in [3.63, 3.8) is 0 Å². The molecule has 1 aromatic heterocycles. The number of azide groups is 1. The SMILES string of the molecule is COC(=O)C[C@H](CCCCCCc1ccc2c(n1)CCCC2)c1ccc(OCCOCCOCCOCCN=[N+]=[N-])c(F)c1. The summed E-state index contributed by atoms with van der Waals surface area (Å²) in [5, 5.41) is 3.38. The first kappa shape index (κ1) is 35.2. The minimum absolute atomic E-state index is 0.118. The van der Waals surface area contributed by atoms with E-state index in [0.29, 0.717) is 46.2 Å². The van der Waals surface area contributed by atoms with Gasteiger partial charge >= 0.3 is 5.97 Å². The van der Waals surface area contributed by atoms with E-state index in [0.717, 1.165) is 56.9 Å². The Bertz CT molecular complexity index is 1180. The predicted molar refractivity (Wildman–Crippen MR) is 165 cm³/mol. The molecule has 1 atom stereocenters. The topological polar surface area (TPSA) is 125 Å². The third kappa shape index (κ3) is 13.6. The molecule has 0 aliphatic heterocycles. The van der Waals surface area contributed by atoms with E-state index in [9.17, 15) is 9.18 Å². The van der Waals surface area contributed by atoms with Crippen molar-refractivity contribution in [2.24, 2.45) is 5.11 Å². The van der Waals surface area contributed by atoms with Gasteiger partial charge in [0, 0.05) is 22.8 Å². The van der Waals surface area contributed by atoms with Gasteiger partial charge in [-0.05, 0) is 85.7 Å². The van der Waals surface area contributed by atoms with E-state index in [4.69, 9.17) is 34.2 Å². The zero-order valence-corrected chi connectivity index (χ0v) is 26.0. The van der Waals surface area contributed by atoms with Crippen molar-refractivity contribution >= 4 is 5.97 Å². The molecule has 242 valence electrons. The van der Waals surface area contributed by atoms with Gasteiger partial charge in [0.2, 0.25) is 0 Å². The van der Waals surface area contributed by atoms with E-state index in [1.807, 2.05) is 6.07 Å². The van der Waals surface area contributed by atoms with Gasteiger partial charge < -0.3 is 23.7 Å². The molecule has 1 heterocycles. The first-order chi connectivity index (χ1) is 21.6. The number of esters is 1. The Kier molecular flexibility index (Phi) is 17.2. The quantitative estimate of drug-likeness (QED) is 0.0450. The fourth-order valence-electron chi connectivity index (χ4n) is 5.28. The van der Waals surface area contributed by atoms with E-state index in [1.165, 1.54) is 43.0 Å². The number of aromatic nitrogens is 1. The number of ether oxygens (including phenoxy) is 5. The minimum atomic E-state index is -0.460. The zero-order valence-electron chi connectivity index (χ0n) is 26.0. The summed E-state index contributed by atoms with van der Waals surface area (Å²) in [5.74, 6) is -0.723. The Morgan fingerprint density at radius 3 is 2.43 bits per heavy atom. The monoisotopic (exact) mass is 614 g/mol. The second-order valence-corrected chi connectivity index (χ2v) is 10.9. The van der Waals surface area contributed by atoms with Gasteiger partial charge in [-0.1, -0.05) is 36.5 Å². The van der Waals surface area contributed by atoms with Crippen molar-refractivity contribution in [3.8, 4) is 5.75 Å². The maximum absolute atomic E-state index is 14.9. The molecule has 1 aromatic carbocycles. The van der Waals surface area contributed by atoms with E-state index in [1.54, 1.807) is 6.07 Å². The Balaban J connectivity index is 1.32. The third-order valence-electron chi connectivity index (χ3n) is 7.67. The molecule has 44 heavy (non-hydrogen) atoms. The summed E-state index contributed by atoms with van der Waals surface area (Å²) in [6.45, 7) is 2.75. The summed E-state index contributed by atoms with van der Waals surface area (Å²) in [5.41, 5.74) is 12.8. The van der Waals surface area contributed by atoms with Gasteiger partial charge in [0.25, 0.3) is 0 Å². The van der Waals surface area contributed by atoms with Crippen LogP contribution in [0.1, 0.15) is 79.8 Å². The Morgan fingerprint density at radius 2 is 1.68 bits per heavy atom. The van der Waals surface area contributed by atoms with Gasteiger partial charge in [-0.3, -0.25) is 9.78 Å². The largest absolute Gasteiger partial charge is 0.488 e. The average Bonchev–Trinajstić information content (AvgIpc) is 3.04. The molecular weight excluding hydrogens is 567 g/mol. The molecule has 0 spiro atoms. The maximum atomic E-state index is 14.9. The number of carbonyl (C=O) groups excluding carboxylic acids is 1. The van der Waals surface area contributed by atoms with E-state index in [2.05, 4.69) is 22.2 Å². The van der Waals surface area contributed by atoms with Crippen molar-refractivity contribution < 1.29 is 32.9 Å². The fourth-order valence-corrected chi connectivity index (χ4v) is 5.28. The van der Waals surface area contributed by atoms with Crippen LogP contribution in [0.15, 0.2) is 35.4 Å². The normalized spacial score (nSPS) is 13.1. The van der Waals surface area contributed by atoms with Crippen LogP contribution in [-0.4, -0.2) is 70.9 Å². The molecule has 10 nitrogen and oxygen atoms in total. The second-order valence-electron chi connectivity index (χ2n) is 10.9. The summed E-state index contributed by atoms with van der Waals surface area (Å²) >= 11 is 0. The van der Waals surface area contributed by atoms with Crippen LogP contribution in [0, 0.1) is 5.82 Å². The molecule has 0 unspecified atom stereocenters. The lowest BCUT2D eigenvalue weighted by molar-refractivity contribution is -0.141.